The van der Waals surface area contributed by atoms with E-state index in [-0.39, 0.29) is 6.04 Å². The maximum Gasteiger partial charge on any atom is 0.218 e. The Morgan fingerprint density at radius 1 is 0.923 bits per heavy atom. The predicted octanol–water partition coefficient (Wildman–Crippen LogP) is 4.68. The van der Waals surface area contributed by atoms with Crippen LogP contribution in [0.25, 0.3) is 0 Å². The summed E-state index contributed by atoms with van der Waals surface area (Å²) in [6, 6.07) is 25.5. The summed E-state index contributed by atoms with van der Waals surface area (Å²) < 4.78 is 19.0. The first kappa shape index (κ1) is 16.7. The molecule has 0 aliphatic carbocycles. The lowest BCUT2D eigenvalue weighted by molar-refractivity contribution is 0.319. The minimum Gasteiger partial charge on any atom is -0.475 e. The second-order valence-electron chi connectivity index (χ2n) is 6.25. The van der Waals surface area contributed by atoms with Gasteiger partial charge in [0.2, 0.25) is 5.90 Å². The highest BCUT2D eigenvalue weighted by molar-refractivity contribution is 7.85. The van der Waals surface area contributed by atoms with Crippen LogP contribution in [-0.4, -0.2) is 16.7 Å². The van der Waals surface area contributed by atoms with Crippen molar-refractivity contribution in [1.82, 2.24) is 0 Å². The number of aliphatic imine (C=N–C) groups is 1. The van der Waals surface area contributed by atoms with Crippen LogP contribution >= 0.6 is 0 Å². The molecule has 1 unspecified atom stereocenters. The molecular formula is C22H19NO2S. The smallest absolute Gasteiger partial charge is 0.218 e. The van der Waals surface area contributed by atoms with Crippen LogP contribution < -0.4 is 0 Å². The van der Waals surface area contributed by atoms with E-state index in [0.29, 0.717) is 12.5 Å². The number of aryl methyl sites for hydroxylation is 1. The van der Waals surface area contributed by atoms with Crippen LogP contribution in [0.2, 0.25) is 0 Å². The summed E-state index contributed by atoms with van der Waals surface area (Å²) in [5.41, 5.74) is 3.07. The van der Waals surface area contributed by atoms with Gasteiger partial charge in [-0.25, -0.2) is 9.20 Å². The largest absolute Gasteiger partial charge is 0.475 e. The molecule has 2 atom stereocenters. The van der Waals surface area contributed by atoms with Crippen molar-refractivity contribution in [2.75, 3.05) is 6.61 Å². The first-order valence-electron chi connectivity index (χ1n) is 8.56. The van der Waals surface area contributed by atoms with Gasteiger partial charge in [-0.3, -0.25) is 0 Å². The van der Waals surface area contributed by atoms with Gasteiger partial charge < -0.3 is 4.74 Å². The van der Waals surface area contributed by atoms with E-state index in [1.807, 2.05) is 73.7 Å². The van der Waals surface area contributed by atoms with E-state index < -0.39 is 10.8 Å². The van der Waals surface area contributed by atoms with Gasteiger partial charge in [-0.05, 0) is 36.8 Å². The summed E-state index contributed by atoms with van der Waals surface area (Å²) in [5.74, 6) is 0.565. The molecule has 1 aliphatic rings. The quantitative estimate of drug-likeness (QED) is 0.677. The average molecular weight is 361 g/mol. The first-order chi connectivity index (χ1) is 12.7. The molecule has 0 radical (unpaired) electrons. The Kier molecular flexibility index (Phi) is 4.67. The molecule has 1 aliphatic heterocycles. The lowest BCUT2D eigenvalue weighted by Gasteiger charge is -2.09. The number of ether oxygens (including phenoxy) is 1. The van der Waals surface area contributed by atoms with Gasteiger partial charge in [0.15, 0.2) is 0 Å². The molecule has 1 heterocycles. The van der Waals surface area contributed by atoms with Crippen LogP contribution in [0, 0.1) is 6.92 Å². The van der Waals surface area contributed by atoms with E-state index >= 15 is 0 Å². The van der Waals surface area contributed by atoms with Gasteiger partial charge in [0.05, 0.1) is 21.3 Å². The van der Waals surface area contributed by atoms with Crippen LogP contribution in [-0.2, 0) is 15.5 Å². The monoisotopic (exact) mass is 361 g/mol. The maximum atomic E-state index is 13.1. The van der Waals surface area contributed by atoms with E-state index in [0.717, 1.165) is 26.5 Å². The Hall–Kier alpha value is -2.72. The minimum absolute atomic E-state index is 0.0212. The van der Waals surface area contributed by atoms with Crippen molar-refractivity contribution in [3.63, 3.8) is 0 Å². The van der Waals surface area contributed by atoms with Crippen LogP contribution in [0.3, 0.4) is 0 Å². The van der Waals surface area contributed by atoms with Gasteiger partial charge in [-0.15, -0.1) is 0 Å². The van der Waals surface area contributed by atoms with E-state index in [1.54, 1.807) is 0 Å². The molecule has 0 fully saturated rings. The lowest BCUT2D eigenvalue weighted by Crippen LogP contribution is -2.07. The fourth-order valence-corrected chi connectivity index (χ4v) is 4.16. The van der Waals surface area contributed by atoms with Gasteiger partial charge in [-0.1, -0.05) is 60.2 Å². The predicted molar refractivity (Wildman–Crippen MR) is 104 cm³/mol. The molecule has 3 nitrogen and oxygen atoms in total. The standard InChI is InChI=1S/C22H19NO2S/c1-16-11-13-18(14-12-16)26(24)21-10-6-5-9-19(21)22-23-20(15-25-22)17-7-3-2-4-8-17/h2-14,20H,15H2,1H3/t20?,26-/m1/s1. The van der Waals surface area contributed by atoms with Crippen LogP contribution in [0.15, 0.2) is 93.6 Å². The third-order valence-electron chi connectivity index (χ3n) is 4.39. The van der Waals surface area contributed by atoms with Crippen molar-refractivity contribution in [2.45, 2.75) is 22.8 Å². The summed E-state index contributed by atoms with van der Waals surface area (Å²) in [4.78, 5) is 6.24. The molecule has 26 heavy (non-hydrogen) atoms. The van der Waals surface area contributed by atoms with Crippen LogP contribution in [0.1, 0.15) is 22.7 Å². The zero-order chi connectivity index (χ0) is 17.9. The molecule has 0 N–H and O–H groups in total. The summed E-state index contributed by atoms with van der Waals surface area (Å²) in [7, 11) is -1.28. The Bertz CT molecular complexity index is 965. The SMILES string of the molecule is Cc1ccc([S@@](=O)c2ccccc2C2=NC(c3ccccc3)CO2)cc1. The van der Waals surface area contributed by atoms with E-state index in [1.165, 1.54) is 0 Å². The average Bonchev–Trinajstić information content (AvgIpc) is 3.19. The zero-order valence-electron chi connectivity index (χ0n) is 14.5. The lowest BCUT2D eigenvalue weighted by atomic mass is 10.1. The highest BCUT2D eigenvalue weighted by Gasteiger charge is 2.24. The summed E-state index contributed by atoms with van der Waals surface area (Å²) >= 11 is 0. The van der Waals surface area contributed by atoms with Crippen molar-refractivity contribution in [1.29, 1.82) is 0 Å². The van der Waals surface area contributed by atoms with Crippen molar-refractivity contribution in [3.8, 4) is 0 Å². The molecule has 130 valence electrons. The van der Waals surface area contributed by atoms with Crippen molar-refractivity contribution >= 4 is 16.7 Å². The fraction of sp³-hybridized carbons (Fsp3) is 0.136. The van der Waals surface area contributed by atoms with Gasteiger partial charge >= 0.3 is 0 Å². The normalized spacial score (nSPS) is 17.4. The Morgan fingerprint density at radius 2 is 1.62 bits per heavy atom. The molecule has 4 heteroatoms. The second-order valence-corrected chi connectivity index (χ2v) is 7.70. The Morgan fingerprint density at radius 3 is 2.38 bits per heavy atom. The highest BCUT2D eigenvalue weighted by atomic mass is 32.2. The summed E-state index contributed by atoms with van der Waals surface area (Å²) in [6.07, 6.45) is 0. The number of rotatable bonds is 4. The van der Waals surface area contributed by atoms with Crippen LogP contribution in [0.4, 0.5) is 0 Å². The number of hydrogen-bond donors (Lipinski definition) is 0. The van der Waals surface area contributed by atoms with Crippen molar-refractivity contribution < 1.29 is 8.95 Å². The first-order valence-corrected chi connectivity index (χ1v) is 9.71. The maximum absolute atomic E-state index is 13.1. The second kappa shape index (κ2) is 7.26. The van der Waals surface area contributed by atoms with Gasteiger partial charge in [0.25, 0.3) is 0 Å². The van der Waals surface area contributed by atoms with E-state index in [9.17, 15) is 4.21 Å². The van der Waals surface area contributed by atoms with Gasteiger partial charge in [-0.2, -0.15) is 0 Å². The zero-order valence-corrected chi connectivity index (χ0v) is 15.3. The molecule has 3 aromatic rings. The van der Waals surface area contributed by atoms with Crippen molar-refractivity contribution in [3.05, 3.63) is 95.6 Å². The summed E-state index contributed by atoms with van der Waals surface area (Å²) in [6.45, 7) is 2.52. The Labute approximate surface area is 155 Å². The highest BCUT2D eigenvalue weighted by Crippen LogP contribution is 2.28. The number of nitrogens with zero attached hydrogens (tertiary/aromatic N) is 1. The molecular weight excluding hydrogens is 342 g/mol. The van der Waals surface area contributed by atoms with Crippen molar-refractivity contribution in [2.24, 2.45) is 4.99 Å². The summed E-state index contributed by atoms with van der Waals surface area (Å²) in [5, 5.41) is 0. The minimum atomic E-state index is -1.28. The molecule has 4 rings (SSSR count). The fourth-order valence-electron chi connectivity index (χ4n) is 2.96. The number of benzene rings is 3. The van der Waals surface area contributed by atoms with Crippen LogP contribution in [0.5, 0.6) is 0 Å². The molecule has 0 amide bonds. The van der Waals surface area contributed by atoms with Gasteiger partial charge in [0.1, 0.15) is 12.6 Å². The molecule has 0 bridgehead atoms. The topological polar surface area (TPSA) is 38.7 Å². The molecule has 0 spiro atoms. The molecule has 0 saturated heterocycles. The molecule has 0 saturated carbocycles. The van der Waals surface area contributed by atoms with Gasteiger partial charge in [0, 0.05) is 4.90 Å². The third-order valence-corrected chi connectivity index (χ3v) is 5.84. The molecule has 0 aromatic heterocycles. The third kappa shape index (κ3) is 3.33. The van der Waals surface area contributed by atoms with E-state index in [2.05, 4.69) is 12.1 Å². The molecule has 3 aromatic carbocycles. The Balaban J connectivity index is 1.68. The van der Waals surface area contributed by atoms with E-state index in [4.69, 9.17) is 9.73 Å². The number of hydrogen-bond acceptors (Lipinski definition) is 3.